The van der Waals surface area contributed by atoms with Crippen LogP contribution in [0.2, 0.25) is 5.02 Å². The van der Waals surface area contributed by atoms with Crippen molar-refractivity contribution < 1.29 is 17.9 Å². The molecule has 1 fully saturated rings. The molecule has 1 aliphatic rings. The Bertz CT molecular complexity index is 900. The van der Waals surface area contributed by atoms with E-state index in [0.29, 0.717) is 35.7 Å². The minimum atomic E-state index is -3.57. The van der Waals surface area contributed by atoms with E-state index in [-0.39, 0.29) is 10.5 Å². The Morgan fingerprint density at radius 3 is 2.11 bits per heavy atom. The van der Waals surface area contributed by atoms with Crippen molar-refractivity contribution in [1.29, 1.82) is 0 Å². The number of halogens is 1. The second-order valence-corrected chi connectivity index (χ2v) is 9.51. The molecule has 0 aliphatic carbocycles. The number of ether oxygens (including phenoxy) is 1. The van der Waals surface area contributed by atoms with Gasteiger partial charge in [-0.25, -0.2) is 13.2 Å². The number of carbonyl (C=O) groups is 1. The van der Waals surface area contributed by atoms with E-state index in [4.69, 9.17) is 16.3 Å². The van der Waals surface area contributed by atoms with Crippen LogP contribution in [-0.4, -0.2) is 31.8 Å². The summed E-state index contributed by atoms with van der Waals surface area (Å²) in [6.45, 7) is 5.17. The molecule has 144 valence electrons. The number of benzene rings is 2. The lowest BCUT2D eigenvalue weighted by Crippen LogP contribution is -2.42. The number of rotatable bonds is 4. The number of hydrogen-bond acceptors (Lipinski definition) is 4. The van der Waals surface area contributed by atoms with Crippen molar-refractivity contribution in [3.8, 4) is 5.75 Å². The molecule has 1 saturated heterocycles. The molecule has 0 unspecified atom stereocenters. The van der Waals surface area contributed by atoms with Crippen LogP contribution >= 0.6 is 11.6 Å². The van der Waals surface area contributed by atoms with Crippen LogP contribution in [0.15, 0.2) is 53.4 Å². The molecule has 27 heavy (non-hydrogen) atoms. The summed E-state index contributed by atoms with van der Waals surface area (Å²) in [6.07, 6.45) is 1.03. The van der Waals surface area contributed by atoms with Gasteiger partial charge in [0.2, 0.25) is 10.0 Å². The summed E-state index contributed by atoms with van der Waals surface area (Å²) < 4.78 is 32.6. The average Bonchev–Trinajstić information content (AvgIpc) is 2.63. The standard InChI is InChI=1S/C20H22ClNO4S/c1-14-11-15(2)13-22(12-14)27(24,25)19-9-3-16(4-10-19)20(23)26-18-7-5-17(21)6-8-18/h3-10,14-15H,11-13H2,1-2H3/t14-,15-/m0/s1. The Morgan fingerprint density at radius 2 is 1.56 bits per heavy atom. The van der Waals surface area contributed by atoms with Crippen molar-refractivity contribution >= 4 is 27.6 Å². The molecule has 2 atom stereocenters. The first-order valence-corrected chi connectivity index (χ1v) is 10.7. The maximum absolute atomic E-state index is 12.9. The van der Waals surface area contributed by atoms with Crippen LogP contribution in [-0.2, 0) is 10.0 Å². The number of sulfonamides is 1. The maximum atomic E-state index is 12.9. The molecule has 0 bridgehead atoms. The fourth-order valence-corrected chi connectivity index (χ4v) is 5.19. The van der Waals surface area contributed by atoms with Crippen LogP contribution in [0.1, 0.15) is 30.6 Å². The van der Waals surface area contributed by atoms with E-state index in [0.717, 1.165) is 6.42 Å². The first kappa shape index (κ1) is 19.9. The summed E-state index contributed by atoms with van der Waals surface area (Å²) in [7, 11) is -3.57. The van der Waals surface area contributed by atoms with Gasteiger partial charge in [0.25, 0.3) is 0 Å². The second kappa shape index (κ2) is 8.00. The Morgan fingerprint density at radius 1 is 1.00 bits per heavy atom. The normalized spacial score (nSPS) is 21.0. The quantitative estimate of drug-likeness (QED) is 0.562. The molecule has 5 nitrogen and oxygen atoms in total. The van der Waals surface area contributed by atoms with Crippen molar-refractivity contribution in [1.82, 2.24) is 4.31 Å². The topological polar surface area (TPSA) is 63.7 Å². The molecule has 2 aromatic carbocycles. The van der Waals surface area contributed by atoms with Crippen LogP contribution in [0, 0.1) is 11.8 Å². The number of hydrogen-bond donors (Lipinski definition) is 0. The Hall–Kier alpha value is -1.89. The largest absolute Gasteiger partial charge is 0.423 e. The van der Waals surface area contributed by atoms with E-state index in [1.165, 1.54) is 28.6 Å². The van der Waals surface area contributed by atoms with Gasteiger partial charge in [0, 0.05) is 18.1 Å². The van der Waals surface area contributed by atoms with Gasteiger partial charge >= 0.3 is 5.97 Å². The van der Waals surface area contributed by atoms with Crippen molar-refractivity contribution in [3.63, 3.8) is 0 Å². The van der Waals surface area contributed by atoms with E-state index in [2.05, 4.69) is 13.8 Å². The van der Waals surface area contributed by atoms with Crippen LogP contribution in [0.5, 0.6) is 5.75 Å². The van der Waals surface area contributed by atoms with Gasteiger partial charge in [0.1, 0.15) is 5.75 Å². The zero-order valence-corrected chi connectivity index (χ0v) is 16.8. The van der Waals surface area contributed by atoms with Gasteiger partial charge in [-0.15, -0.1) is 0 Å². The minimum Gasteiger partial charge on any atom is -0.423 e. The van der Waals surface area contributed by atoms with Crippen molar-refractivity contribution in [2.45, 2.75) is 25.2 Å². The van der Waals surface area contributed by atoms with Gasteiger partial charge in [0.15, 0.2) is 0 Å². The highest BCUT2D eigenvalue weighted by Gasteiger charge is 2.31. The lowest BCUT2D eigenvalue weighted by Gasteiger charge is -2.34. The summed E-state index contributed by atoms with van der Waals surface area (Å²) in [4.78, 5) is 12.4. The Kier molecular flexibility index (Phi) is 5.89. The molecular formula is C20H22ClNO4S. The molecule has 0 aromatic heterocycles. The second-order valence-electron chi connectivity index (χ2n) is 7.14. The summed E-state index contributed by atoms with van der Waals surface area (Å²) in [6, 6.07) is 12.3. The first-order chi connectivity index (χ1) is 12.8. The highest BCUT2D eigenvalue weighted by molar-refractivity contribution is 7.89. The van der Waals surface area contributed by atoms with Crippen LogP contribution in [0.25, 0.3) is 0 Å². The van der Waals surface area contributed by atoms with E-state index >= 15 is 0 Å². The molecule has 0 amide bonds. The number of carbonyl (C=O) groups excluding carboxylic acids is 1. The average molecular weight is 408 g/mol. The maximum Gasteiger partial charge on any atom is 0.343 e. The molecule has 2 aromatic rings. The summed E-state index contributed by atoms with van der Waals surface area (Å²) in [5.74, 6) is 0.480. The smallest absolute Gasteiger partial charge is 0.343 e. The predicted octanol–water partition coefficient (Wildman–Crippen LogP) is 4.23. The minimum absolute atomic E-state index is 0.187. The molecule has 1 aliphatic heterocycles. The highest BCUT2D eigenvalue weighted by Crippen LogP contribution is 2.27. The van der Waals surface area contributed by atoms with Crippen LogP contribution < -0.4 is 4.74 Å². The Balaban J connectivity index is 1.74. The third kappa shape index (κ3) is 4.69. The van der Waals surface area contributed by atoms with E-state index < -0.39 is 16.0 Å². The van der Waals surface area contributed by atoms with Crippen molar-refractivity contribution in [3.05, 3.63) is 59.1 Å². The third-order valence-electron chi connectivity index (χ3n) is 4.59. The summed E-state index contributed by atoms with van der Waals surface area (Å²) in [5, 5.41) is 0.547. The molecular weight excluding hydrogens is 386 g/mol. The zero-order chi connectivity index (χ0) is 19.6. The molecule has 0 saturated carbocycles. The molecule has 1 heterocycles. The monoisotopic (exact) mass is 407 g/mol. The van der Waals surface area contributed by atoms with E-state index in [9.17, 15) is 13.2 Å². The summed E-state index contributed by atoms with van der Waals surface area (Å²) >= 11 is 5.81. The van der Waals surface area contributed by atoms with Gasteiger partial charge in [-0.3, -0.25) is 0 Å². The van der Waals surface area contributed by atoms with Gasteiger partial charge in [0.05, 0.1) is 10.5 Å². The Labute approximate surface area is 165 Å². The first-order valence-electron chi connectivity index (χ1n) is 8.83. The van der Waals surface area contributed by atoms with Crippen molar-refractivity contribution in [2.24, 2.45) is 11.8 Å². The van der Waals surface area contributed by atoms with Crippen LogP contribution in [0.4, 0.5) is 0 Å². The number of nitrogens with zero attached hydrogens (tertiary/aromatic N) is 1. The van der Waals surface area contributed by atoms with Gasteiger partial charge in [-0.2, -0.15) is 4.31 Å². The lowest BCUT2D eigenvalue weighted by atomic mass is 9.94. The van der Waals surface area contributed by atoms with Crippen LogP contribution in [0.3, 0.4) is 0 Å². The zero-order valence-electron chi connectivity index (χ0n) is 15.3. The van der Waals surface area contributed by atoms with Gasteiger partial charge in [-0.1, -0.05) is 25.4 Å². The fraction of sp³-hybridized carbons (Fsp3) is 0.350. The molecule has 3 rings (SSSR count). The van der Waals surface area contributed by atoms with E-state index in [1.54, 1.807) is 24.3 Å². The van der Waals surface area contributed by atoms with Crippen molar-refractivity contribution in [2.75, 3.05) is 13.1 Å². The van der Waals surface area contributed by atoms with E-state index in [1.807, 2.05) is 0 Å². The molecule has 7 heteroatoms. The molecule has 0 spiro atoms. The predicted molar refractivity (Wildman–Crippen MR) is 105 cm³/mol. The lowest BCUT2D eigenvalue weighted by molar-refractivity contribution is 0.0734. The summed E-state index contributed by atoms with van der Waals surface area (Å²) in [5.41, 5.74) is 0.282. The third-order valence-corrected chi connectivity index (χ3v) is 6.69. The van der Waals surface area contributed by atoms with Gasteiger partial charge < -0.3 is 4.74 Å². The fourth-order valence-electron chi connectivity index (χ4n) is 3.38. The number of esters is 1. The molecule has 0 radical (unpaired) electrons. The highest BCUT2D eigenvalue weighted by atomic mass is 35.5. The number of piperidine rings is 1. The SMILES string of the molecule is C[C@H]1C[C@H](C)CN(S(=O)(=O)c2ccc(C(=O)Oc3ccc(Cl)cc3)cc2)C1. The molecule has 0 N–H and O–H groups in total. The van der Waals surface area contributed by atoms with Gasteiger partial charge in [-0.05, 0) is 66.8 Å².